The minimum Gasteiger partial charge on any atom is -0.464 e. The van der Waals surface area contributed by atoms with Crippen LogP contribution in [0.2, 0.25) is 5.02 Å². The summed E-state index contributed by atoms with van der Waals surface area (Å²) in [4.78, 5) is 0. The zero-order valence-electron chi connectivity index (χ0n) is 8.71. The molecule has 0 aliphatic rings. The van der Waals surface area contributed by atoms with Gasteiger partial charge in [-0.15, -0.1) is 0 Å². The van der Waals surface area contributed by atoms with Crippen molar-refractivity contribution >= 4 is 34.2 Å². The van der Waals surface area contributed by atoms with Gasteiger partial charge in [-0.3, -0.25) is 0 Å². The number of benzene rings is 1. The maximum Gasteiger partial charge on any atom is 0.125 e. The van der Waals surface area contributed by atoms with Gasteiger partial charge in [-0.25, -0.2) is 0 Å². The standard InChI is InChI=1S/C12H11ClINO/c1-7-2-5-11(16-7)12(15)8-3-4-10(14)9(13)6-8/h2-6,12H,15H2,1H3. The topological polar surface area (TPSA) is 39.2 Å². The number of hydrogen-bond acceptors (Lipinski definition) is 2. The molecule has 0 bridgehead atoms. The second-order valence-corrected chi connectivity index (χ2v) is 5.17. The number of hydrogen-bond donors (Lipinski definition) is 1. The van der Waals surface area contributed by atoms with E-state index in [1.807, 2.05) is 37.3 Å². The molecule has 1 aromatic carbocycles. The van der Waals surface area contributed by atoms with Gasteiger partial charge in [0.1, 0.15) is 11.5 Å². The average Bonchev–Trinajstić information content (AvgIpc) is 2.68. The van der Waals surface area contributed by atoms with Crippen molar-refractivity contribution in [2.24, 2.45) is 5.73 Å². The molecule has 0 aliphatic carbocycles. The van der Waals surface area contributed by atoms with Crippen LogP contribution in [-0.4, -0.2) is 0 Å². The number of rotatable bonds is 2. The first kappa shape index (κ1) is 12.0. The van der Waals surface area contributed by atoms with Gasteiger partial charge in [0.25, 0.3) is 0 Å². The lowest BCUT2D eigenvalue weighted by Gasteiger charge is -2.10. The third kappa shape index (κ3) is 2.42. The maximum absolute atomic E-state index is 6.09. The molecule has 2 aromatic rings. The van der Waals surface area contributed by atoms with E-state index >= 15 is 0 Å². The van der Waals surface area contributed by atoms with E-state index < -0.39 is 0 Å². The molecular weight excluding hydrogens is 336 g/mol. The molecule has 0 saturated carbocycles. The van der Waals surface area contributed by atoms with Gasteiger partial charge in [-0.1, -0.05) is 17.7 Å². The molecule has 0 spiro atoms. The number of aryl methyl sites for hydroxylation is 1. The van der Waals surface area contributed by atoms with E-state index in [0.29, 0.717) is 0 Å². The molecule has 0 amide bonds. The molecule has 0 aliphatic heterocycles. The van der Waals surface area contributed by atoms with Crippen LogP contribution in [0.3, 0.4) is 0 Å². The van der Waals surface area contributed by atoms with E-state index in [2.05, 4.69) is 22.6 Å². The summed E-state index contributed by atoms with van der Waals surface area (Å²) in [5.41, 5.74) is 7.05. The molecule has 2 rings (SSSR count). The minimum absolute atomic E-state index is 0.261. The molecule has 0 fully saturated rings. The van der Waals surface area contributed by atoms with Crippen molar-refractivity contribution in [2.45, 2.75) is 13.0 Å². The van der Waals surface area contributed by atoms with Gasteiger partial charge in [0.05, 0.1) is 11.1 Å². The summed E-state index contributed by atoms with van der Waals surface area (Å²) in [5.74, 6) is 1.62. The van der Waals surface area contributed by atoms with Crippen LogP contribution in [0.4, 0.5) is 0 Å². The molecule has 2 N–H and O–H groups in total. The summed E-state index contributed by atoms with van der Waals surface area (Å²) in [7, 11) is 0. The smallest absolute Gasteiger partial charge is 0.125 e. The Morgan fingerprint density at radius 2 is 2.06 bits per heavy atom. The van der Waals surface area contributed by atoms with Crippen LogP contribution in [0.5, 0.6) is 0 Å². The fourth-order valence-corrected chi connectivity index (χ4v) is 2.02. The van der Waals surface area contributed by atoms with Crippen LogP contribution in [0, 0.1) is 10.5 Å². The van der Waals surface area contributed by atoms with Crippen molar-refractivity contribution in [3.8, 4) is 0 Å². The van der Waals surface area contributed by atoms with Crippen LogP contribution in [0.1, 0.15) is 23.1 Å². The van der Waals surface area contributed by atoms with E-state index in [4.69, 9.17) is 21.8 Å². The lowest BCUT2D eigenvalue weighted by Crippen LogP contribution is -2.10. The van der Waals surface area contributed by atoms with Crippen LogP contribution >= 0.6 is 34.2 Å². The molecule has 16 heavy (non-hydrogen) atoms. The third-order valence-electron chi connectivity index (χ3n) is 2.37. The first-order valence-corrected chi connectivity index (χ1v) is 6.30. The third-order valence-corrected chi connectivity index (χ3v) is 3.94. The summed E-state index contributed by atoms with van der Waals surface area (Å²) < 4.78 is 6.52. The summed E-state index contributed by atoms with van der Waals surface area (Å²) in [6.45, 7) is 1.90. The fourth-order valence-electron chi connectivity index (χ4n) is 1.49. The Morgan fingerprint density at radius 3 is 2.62 bits per heavy atom. The Morgan fingerprint density at radius 1 is 1.31 bits per heavy atom. The van der Waals surface area contributed by atoms with Gasteiger partial charge in [0.15, 0.2) is 0 Å². The zero-order chi connectivity index (χ0) is 11.7. The number of nitrogens with two attached hydrogens (primary N) is 1. The van der Waals surface area contributed by atoms with Crippen LogP contribution in [0.15, 0.2) is 34.7 Å². The molecule has 1 aromatic heterocycles. The van der Waals surface area contributed by atoms with E-state index in [1.54, 1.807) is 0 Å². The molecule has 2 nitrogen and oxygen atoms in total. The van der Waals surface area contributed by atoms with Gasteiger partial charge < -0.3 is 10.2 Å². The minimum atomic E-state index is -0.261. The van der Waals surface area contributed by atoms with Crippen molar-refractivity contribution in [1.82, 2.24) is 0 Å². The largest absolute Gasteiger partial charge is 0.464 e. The first-order valence-electron chi connectivity index (χ1n) is 4.85. The molecule has 0 saturated heterocycles. The average molecular weight is 348 g/mol. The van der Waals surface area contributed by atoms with Crippen molar-refractivity contribution in [1.29, 1.82) is 0 Å². The van der Waals surface area contributed by atoms with Crippen molar-refractivity contribution in [2.75, 3.05) is 0 Å². The van der Waals surface area contributed by atoms with E-state index in [1.165, 1.54) is 0 Å². The highest BCUT2D eigenvalue weighted by atomic mass is 127. The summed E-state index contributed by atoms with van der Waals surface area (Å²) >= 11 is 8.24. The Bertz CT molecular complexity index is 509. The summed E-state index contributed by atoms with van der Waals surface area (Å²) in [5, 5.41) is 0.719. The Hall–Kier alpha value is -0.520. The van der Waals surface area contributed by atoms with E-state index in [0.717, 1.165) is 25.7 Å². The SMILES string of the molecule is Cc1ccc(C(N)c2ccc(I)c(Cl)c2)o1. The highest BCUT2D eigenvalue weighted by molar-refractivity contribution is 14.1. The quantitative estimate of drug-likeness (QED) is 0.837. The highest BCUT2D eigenvalue weighted by Gasteiger charge is 2.13. The predicted octanol–water partition coefficient (Wildman–Crippen LogP) is 3.89. The summed E-state index contributed by atoms with van der Waals surface area (Å²) in [6.07, 6.45) is 0. The lowest BCUT2D eigenvalue weighted by atomic mass is 10.1. The van der Waals surface area contributed by atoms with Crippen molar-refractivity contribution in [3.05, 3.63) is 56.0 Å². The first-order chi connectivity index (χ1) is 7.58. The van der Waals surface area contributed by atoms with Gasteiger partial charge in [0, 0.05) is 3.57 Å². The lowest BCUT2D eigenvalue weighted by molar-refractivity contribution is 0.466. The second kappa shape index (κ2) is 4.77. The maximum atomic E-state index is 6.09. The molecule has 1 heterocycles. The monoisotopic (exact) mass is 347 g/mol. The summed E-state index contributed by atoms with van der Waals surface area (Å²) in [6, 6.07) is 9.34. The van der Waals surface area contributed by atoms with Crippen LogP contribution < -0.4 is 5.73 Å². The van der Waals surface area contributed by atoms with Crippen LogP contribution in [-0.2, 0) is 0 Å². The van der Waals surface area contributed by atoms with E-state index in [-0.39, 0.29) is 6.04 Å². The Kier molecular flexibility index (Phi) is 3.56. The van der Waals surface area contributed by atoms with Crippen molar-refractivity contribution < 1.29 is 4.42 Å². The number of halogens is 2. The Labute approximate surface area is 113 Å². The normalized spacial score (nSPS) is 12.8. The fraction of sp³-hybridized carbons (Fsp3) is 0.167. The molecular formula is C12H11ClINO. The van der Waals surface area contributed by atoms with Gasteiger partial charge in [-0.2, -0.15) is 0 Å². The van der Waals surface area contributed by atoms with Gasteiger partial charge in [0.2, 0.25) is 0 Å². The van der Waals surface area contributed by atoms with E-state index in [9.17, 15) is 0 Å². The predicted molar refractivity (Wildman–Crippen MR) is 73.6 cm³/mol. The van der Waals surface area contributed by atoms with Crippen LogP contribution in [0.25, 0.3) is 0 Å². The van der Waals surface area contributed by atoms with Crippen molar-refractivity contribution in [3.63, 3.8) is 0 Å². The molecule has 84 valence electrons. The molecule has 4 heteroatoms. The van der Waals surface area contributed by atoms with Gasteiger partial charge in [-0.05, 0) is 59.3 Å². The molecule has 1 atom stereocenters. The highest BCUT2D eigenvalue weighted by Crippen LogP contribution is 2.26. The molecule has 0 radical (unpaired) electrons. The Balaban J connectivity index is 2.33. The molecule has 1 unspecified atom stereocenters. The van der Waals surface area contributed by atoms with Gasteiger partial charge >= 0.3 is 0 Å². The second-order valence-electron chi connectivity index (χ2n) is 3.60. The zero-order valence-corrected chi connectivity index (χ0v) is 11.6. The number of furan rings is 1.